The number of ether oxygens (including phenoxy) is 1. The molecule has 0 fully saturated rings. The zero-order chi connectivity index (χ0) is 14.5. The molecule has 5 heteroatoms. The highest BCUT2D eigenvalue weighted by Gasteiger charge is 2.09. The first kappa shape index (κ1) is 14.9. The second kappa shape index (κ2) is 6.79. The largest absolute Gasteiger partial charge is 0.486 e. The third-order valence-electron chi connectivity index (χ3n) is 3.31. The Labute approximate surface area is 128 Å². The van der Waals surface area contributed by atoms with Crippen molar-refractivity contribution in [2.75, 3.05) is 5.73 Å². The summed E-state index contributed by atoms with van der Waals surface area (Å²) in [7, 11) is 0. The highest BCUT2D eigenvalue weighted by atomic mass is 79.9. The summed E-state index contributed by atoms with van der Waals surface area (Å²) in [5.74, 6) is 0.738. The average Bonchev–Trinajstić information content (AvgIpc) is 2.90. The molecule has 0 atom stereocenters. The van der Waals surface area contributed by atoms with Crippen LogP contribution in [0.3, 0.4) is 0 Å². The molecule has 0 saturated heterocycles. The molecule has 0 bridgehead atoms. The molecule has 108 valence electrons. The maximum Gasteiger partial charge on any atom is 0.136 e. The van der Waals surface area contributed by atoms with Crippen molar-refractivity contribution < 1.29 is 4.74 Å². The fourth-order valence-electron chi connectivity index (χ4n) is 2.10. The highest BCUT2D eigenvalue weighted by Crippen LogP contribution is 2.27. The van der Waals surface area contributed by atoms with Crippen LogP contribution in [0.5, 0.6) is 5.75 Å². The molecule has 1 aromatic carbocycles. The van der Waals surface area contributed by atoms with Crippen LogP contribution in [0, 0.1) is 0 Å². The number of rotatable bonds is 6. The number of hydrogen-bond acceptors (Lipinski definition) is 3. The van der Waals surface area contributed by atoms with Gasteiger partial charge in [0.15, 0.2) is 0 Å². The van der Waals surface area contributed by atoms with Gasteiger partial charge in [0, 0.05) is 18.0 Å². The van der Waals surface area contributed by atoms with E-state index in [2.05, 4.69) is 34.9 Å². The van der Waals surface area contributed by atoms with Crippen LogP contribution in [0.25, 0.3) is 0 Å². The van der Waals surface area contributed by atoms with Gasteiger partial charge in [0.05, 0.1) is 16.2 Å². The molecule has 0 radical (unpaired) electrons. The zero-order valence-corrected chi connectivity index (χ0v) is 13.4. The minimum Gasteiger partial charge on any atom is -0.486 e. The van der Waals surface area contributed by atoms with Gasteiger partial charge in [0.2, 0.25) is 0 Å². The Bertz CT molecular complexity index is 564. The van der Waals surface area contributed by atoms with Crippen molar-refractivity contribution in [3.63, 3.8) is 0 Å². The van der Waals surface area contributed by atoms with Crippen molar-refractivity contribution in [3.8, 4) is 5.75 Å². The lowest BCUT2D eigenvalue weighted by Gasteiger charge is -2.12. The Balaban J connectivity index is 2.02. The molecule has 0 aliphatic heterocycles. The van der Waals surface area contributed by atoms with E-state index in [1.807, 2.05) is 35.1 Å². The lowest BCUT2D eigenvalue weighted by Crippen LogP contribution is -2.08. The Hall–Kier alpha value is -1.49. The van der Waals surface area contributed by atoms with Crippen LogP contribution in [-0.4, -0.2) is 9.78 Å². The van der Waals surface area contributed by atoms with Gasteiger partial charge in [-0.25, -0.2) is 0 Å². The molecule has 4 nitrogen and oxygen atoms in total. The Kier molecular flexibility index (Phi) is 5.06. The van der Waals surface area contributed by atoms with E-state index in [9.17, 15) is 0 Å². The van der Waals surface area contributed by atoms with Gasteiger partial charge < -0.3 is 10.5 Å². The fourth-order valence-corrected chi connectivity index (χ4v) is 2.46. The third kappa shape index (κ3) is 3.54. The van der Waals surface area contributed by atoms with Crippen LogP contribution in [0.2, 0.25) is 0 Å². The van der Waals surface area contributed by atoms with E-state index in [4.69, 9.17) is 10.5 Å². The van der Waals surface area contributed by atoms with Gasteiger partial charge in [0.25, 0.3) is 0 Å². The quantitative estimate of drug-likeness (QED) is 0.805. The first-order valence-corrected chi connectivity index (χ1v) is 7.65. The molecule has 1 heterocycles. The summed E-state index contributed by atoms with van der Waals surface area (Å²) < 4.78 is 8.68. The summed E-state index contributed by atoms with van der Waals surface area (Å²) in [5, 5.41) is 4.56. The van der Waals surface area contributed by atoms with Crippen LogP contribution in [0.1, 0.15) is 38.4 Å². The standard InChI is InChI=1S/C15H20BrN3O/c1-3-13(4-2)19-8-7-12(18-19)10-20-15-9-11(17)5-6-14(15)16/h5-9,13H,3-4,10,17H2,1-2H3. The van der Waals surface area contributed by atoms with E-state index in [0.717, 1.165) is 28.8 Å². The summed E-state index contributed by atoms with van der Waals surface area (Å²) in [4.78, 5) is 0. The Morgan fingerprint density at radius 2 is 2.05 bits per heavy atom. The Morgan fingerprint density at radius 3 is 2.75 bits per heavy atom. The van der Waals surface area contributed by atoms with Crippen molar-refractivity contribution in [1.82, 2.24) is 9.78 Å². The SMILES string of the molecule is CCC(CC)n1ccc(COc2cc(N)ccc2Br)n1. The minimum atomic E-state index is 0.440. The number of anilines is 1. The molecule has 1 aromatic heterocycles. The van der Waals surface area contributed by atoms with Crippen LogP contribution in [0.15, 0.2) is 34.9 Å². The third-order valence-corrected chi connectivity index (χ3v) is 3.97. The van der Waals surface area contributed by atoms with Gasteiger partial charge in [-0.3, -0.25) is 4.68 Å². The van der Waals surface area contributed by atoms with Crippen molar-refractivity contribution in [2.24, 2.45) is 0 Å². The van der Waals surface area contributed by atoms with Gasteiger partial charge in [-0.2, -0.15) is 5.10 Å². The molecule has 0 amide bonds. The molecule has 2 rings (SSSR count). The summed E-state index contributed by atoms with van der Waals surface area (Å²) in [6.07, 6.45) is 4.18. The molecular formula is C15H20BrN3O. The lowest BCUT2D eigenvalue weighted by molar-refractivity contribution is 0.295. The smallest absolute Gasteiger partial charge is 0.136 e. The number of hydrogen-bond donors (Lipinski definition) is 1. The van der Waals surface area contributed by atoms with E-state index < -0.39 is 0 Å². The average molecular weight is 338 g/mol. The normalized spacial score (nSPS) is 11.0. The van der Waals surface area contributed by atoms with Gasteiger partial charge in [-0.1, -0.05) is 13.8 Å². The number of nitrogens with two attached hydrogens (primary N) is 1. The summed E-state index contributed by atoms with van der Waals surface area (Å²) in [6, 6.07) is 7.98. The maximum absolute atomic E-state index is 5.76. The fraction of sp³-hybridized carbons (Fsp3) is 0.400. The monoisotopic (exact) mass is 337 g/mol. The van der Waals surface area contributed by atoms with E-state index in [0.29, 0.717) is 18.3 Å². The number of halogens is 1. The molecule has 0 aliphatic carbocycles. The minimum absolute atomic E-state index is 0.440. The number of aromatic nitrogens is 2. The number of benzene rings is 1. The first-order valence-electron chi connectivity index (χ1n) is 6.85. The summed E-state index contributed by atoms with van der Waals surface area (Å²) >= 11 is 3.45. The van der Waals surface area contributed by atoms with Gasteiger partial charge in [0.1, 0.15) is 12.4 Å². The first-order chi connectivity index (χ1) is 9.63. The number of nitrogen functional groups attached to an aromatic ring is 1. The van der Waals surface area contributed by atoms with Crippen LogP contribution in [-0.2, 0) is 6.61 Å². The van der Waals surface area contributed by atoms with Crippen molar-refractivity contribution in [3.05, 3.63) is 40.6 Å². The maximum atomic E-state index is 5.76. The van der Waals surface area contributed by atoms with Crippen LogP contribution in [0.4, 0.5) is 5.69 Å². The van der Waals surface area contributed by atoms with E-state index >= 15 is 0 Å². The predicted molar refractivity (Wildman–Crippen MR) is 84.7 cm³/mol. The topological polar surface area (TPSA) is 53.1 Å². The van der Waals surface area contributed by atoms with E-state index in [1.165, 1.54) is 0 Å². The molecule has 2 N–H and O–H groups in total. The second-order valence-electron chi connectivity index (χ2n) is 4.74. The van der Waals surface area contributed by atoms with E-state index in [-0.39, 0.29) is 0 Å². The van der Waals surface area contributed by atoms with Crippen molar-refractivity contribution in [2.45, 2.75) is 39.3 Å². The molecule has 0 saturated carbocycles. The van der Waals surface area contributed by atoms with Crippen LogP contribution >= 0.6 is 15.9 Å². The second-order valence-corrected chi connectivity index (χ2v) is 5.59. The molecular weight excluding hydrogens is 318 g/mol. The Morgan fingerprint density at radius 1 is 1.30 bits per heavy atom. The summed E-state index contributed by atoms with van der Waals surface area (Å²) in [6.45, 7) is 4.79. The molecule has 2 aromatic rings. The molecule has 0 aliphatic rings. The molecule has 0 unspecified atom stereocenters. The molecule has 20 heavy (non-hydrogen) atoms. The zero-order valence-electron chi connectivity index (χ0n) is 11.8. The highest BCUT2D eigenvalue weighted by molar-refractivity contribution is 9.10. The molecule has 0 spiro atoms. The van der Waals surface area contributed by atoms with Gasteiger partial charge >= 0.3 is 0 Å². The predicted octanol–water partition coefficient (Wildman–Crippen LogP) is 4.17. The van der Waals surface area contributed by atoms with Gasteiger partial charge in [-0.15, -0.1) is 0 Å². The summed E-state index contributed by atoms with van der Waals surface area (Å²) in [5.41, 5.74) is 7.36. The van der Waals surface area contributed by atoms with Crippen molar-refractivity contribution >= 4 is 21.6 Å². The lowest BCUT2D eigenvalue weighted by atomic mass is 10.2. The van der Waals surface area contributed by atoms with Gasteiger partial charge in [-0.05, 0) is 47.0 Å². The number of nitrogens with zero attached hydrogens (tertiary/aromatic N) is 2. The van der Waals surface area contributed by atoms with Crippen molar-refractivity contribution in [1.29, 1.82) is 0 Å². The van der Waals surface area contributed by atoms with E-state index in [1.54, 1.807) is 0 Å². The van der Waals surface area contributed by atoms with Crippen LogP contribution < -0.4 is 10.5 Å².